The van der Waals surface area contributed by atoms with Crippen molar-refractivity contribution in [1.29, 1.82) is 0 Å². The average molecular weight is 250 g/mol. The summed E-state index contributed by atoms with van der Waals surface area (Å²) >= 11 is 1.32. The first-order valence-electron chi connectivity index (χ1n) is 5.70. The van der Waals surface area contributed by atoms with E-state index in [0.717, 1.165) is 12.8 Å². The van der Waals surface area contributed by atoms with Crippen molar-refractivity contribution in [3.05, 3.63) is 11.6 Å². The van der Waals surface area contributed by atoms with Crippen LogP contribution < -0.4 is 4.90 Å². The van der Waals surface area contributed by atoms with E-state index in [0.29, 0.717) is 5.13 Å². The summed E-state index contributed by atoms with van der Waals surface area (Å²) in [5, 5.41) is 2.27. The minimum Gasteiger partial charge on any atom is -0.373 e. The quantitative estimate of drug-likeness (QED) is 0.692. The van der Waals surface area contributed by atoms with Gasteiger partial charge in [-0.05, 0) is 12.8 Å². The van der Waals surface area contributed by atoms with Crippen LogP contribution in [0.1, 0.15) is 12.8 Å². The molecule has 0 saturated carbocycles. The van der Waals surface area contributed by atoms with Crippen LogP contribution in [0.25, 0.3) is 0 Å². The fourth-order valence-electron chi connectivity index (χ4n) is 3.23. The zero-order valence-electron chi connectivity index (χ0n) is 8.91. The molecular weight excluding hydrogens is 240 g/mol. The van der Waals surface area contributed by atoms with Gasteiger partial charge in [-0.2, -0.15) is 0 Å². The van der Waals surface area contributed by atoms with E-state index in [1.807, 2.05) is 0 Å². The number of hydrogen-bond donors (Lipinski definition) is 0. The van der Waals surface area contributed by atoms with E-state index < -0.39 is 0 Å². The SMILES string of the molecule is O=C1[C@@H]2[C@H](C(=O)N1c1nccs1)[C@@H]1CC[C@@H]2O1. The van der Waals surface area contributed by atoms with Gasteiger partial charge in [0.05, 0.1) is 24.0 Å². The third-order valence-electron chi connectivity index (χ3n) is 3.89. The lowest BCUT2D eigenvalue weighted by atomic mass is 9.81. The van der Waals surface area contributed by atoms with E-state index in [-0.39, 0.29) is 35.9 Å². The highest BCUT2D eigenvalue weighted by atomic mass is 32.1. The molecule has 0 aliphatic carbocycles. The van der Waals surface area contributed by atoms with Crippen LogP contribution in [0, 0.1) is 11.8 Å². The Morgan fingerprint density at radius 2 is 1.88 bits per heavy atom. The second kappa shape index (κ2) is 3.14. The van der Waals surface area contributed by atoms with Crippen LogP contribution in [-0.2, 0) is 14.3 Å². The van der Waals surface area contributed by atoms with Crippen LogP contribution in [0.3, 0.4) is 0 Å². The van der Waals surface area contributed by atoms with Gasteiger partial charge in [0.25, 0.3) is 0 Å². The van der Waals surface area contributed by atoms with Crippen LogP contribution in [0.4, 0.5) is 5.13 Å². The number of rotatable bonds is 1. The van der Waals surface area contributed by atoms with E-state index in [9.17, 15) is 9.59 Å². The van der Waals surface area contributed by atoms with Crippen LogP contribution in [0.5, 0.6) is 0 Å². The molecule has 2 bridgehead atoms. The number of carbonyl (C=O) groups is 2. The minimum absolute atomic E-state index is 0.0496. The lowest BCUT2D eigenvalue weighted by molar-refractivity contribution is -0.124. The smallest absolute Gasteiger partial charge is 0.242 e. The maximum Gasteiger partial charge on any atom is 0.242 e. The van der Waals surface area contributed by atoms with Gasteiger partial charge in [0.2, 0.25) is 11.8 Å². The molecule has 3 saturated heterocycles. The van der Waals surface area contributed by atoms with Crippen LogP contribution in [0.2, 0.25) is 0 Å². The molecule has 4 rings (SSSR count). The number of imide groups is 1. The molecule has 2 amide bonds. The summed E-state index contributed by atoms with van der Waals surface area (Å²) < 4.78 is 5.66. The third kappa shape index (κ3) is 1.09. The normalized spacial score (nSPS) is 39.2. The summed E-state index contributed by atoms with van der Waals surface area (Å²) in [5.74, 6) is -0.764. The molecule has 0 unspecified atom stereocenters. The summed E-state index contributed by atoms with van der Waals surface area (Å²) in [4.78, 5) is 29.9. The number of nitrogens with zero attached hydrogens (tertiary/aromatic N) is 2. The molecule has 0 aromatic carbocycles. The Morgan fingerprint density at radius 1 is 1.24 bits per heavy atom. The maximum atomic E-state index is 12.3. The number of hydrogen-bond acceptors (Lipinski definition) is 5. The largest absolute Gasteiger partial charge is 0.373 e. The van der Waals surface area contributed by atoms with Gasteiger partial charge in [-0.1, -0.05) is 0 Å². The van der Waals surface area contributed by atoms with Gasteiger partial charge < -0.3 is 4.74 Å². The van der Waals surface area contributed by atoms with Crippen molar-refractivity contribution in [3.63, 3.8) is 0 Å². The topological polar surface area (TPSA) is 59.5 Å². The van der Waals surface area contributed by atoms with Gasteiger partial charge in [-0.3, -0.25) is 9.59 Å². The molecule has 0 spiro atoms. The predicted molar refractivity (Wildman–Crippen MR) is 59.5 cm³/mol. The Hall–Kier alpha value is -1.27. The van der Waals surface area contributed by atoms with Crippen molar-refractivity contribution in [2.45, 2.75) is 25.0 Å². The Balaban J connectivity index is 1.77. The molecule has 17 heavy (non-hydrogen) atoms. The minimum atomic E-state index is -0.259. The molecule has 1 aromatic rings. The molecule has 5 nitrogen and oxygen atoms in total. The van der Waals surface area contributed by atoms with Gasteiger partial charge in [-0.25, -0.2) is 9.88 Å². The lowest BCUT2D eigenvalue weighted by Crippen LogP contribution is -2.34. The summed E-state index contributed by atoms with van der Waals surface area (Å²) in [6, 6.07) is 0. The number of anilines is 1. The van der Waals surface area contributed by atoms with E-state index >= 15 is 0 Å². The number of ether oxygens (including phenoxy) is 1. The van der Waals surface area contributed by atoms with E-state index in [1.165, 1.54) is 16.2 Å². The fourth-order valence-corrected chi connectivity index (χ4v) is 3.88. The number of aromatic nitrogens is 1. The first-order valence-corrected chi connectivity index (χ1v) is 6.58. The molecular formula is C11H10N2O3S. The number of amides is 2. The van der Waals surface area contributed by atoms with Crippen molar-refractivity contribution in [2.75, 3.05) is 4.90 Å². The summed E-state index contributed by atoms with van der Waals surface area (Å²) in [6.45, 7) is 0. The third-order valence-corrected chi connectivity index (χ3v) is 4.65. The molecule has 0 radical (unpaired) electrons. The Labute approximate surface area is 101 Å². The molecule has 1 aromatic heterocycles. The Kier molecular flexibility index (Phi) is 1.80. The van der Waals surface area contributed by atoms with Crippen molar-refractivity contribution >= 4 is 28.3 Å². The molecule has 3 fully saturated rings. The first kappa shape index (κ1) is 9.73. The van der Waals surface area contributed by atoms with Gasteiger partial charge in [0, 0.05) is 11.6 Å². The number of thiazole rings is 1. The zero-order chi connectivity index (χ0) is 11.6. The number of fused-ring (bicyclic) bond motifs is 5. The average Bonchev–Trinajstić information content (AvgIpc) is 3.03. The van der Waals surface area contributed by atoms with E-state index in [1.54, 1.807) is 11.6 Å². The molecule has 4 atom stereocenters. The molecule has 6 heteroatoms. The van der Waals surface area contributed by atoms with Crippen LogP contribution in [0.15, 0.2) is 11.6 Å². The first-order chi connectivity index (χ1) is 8.27. The monoisotopic (exact) mass is 250 g/mol. The van der Waals surface area contributed by atoms with Crippen molar-refractivity contribution in [1.82, 2.24) is 4.98 Å². The molecule has 0 N–H and O–H groups in total. The molecule has 4 heterocycles. The predicted octanol–water partition coefficient (Wildman–Crippen LogP) is 0.810. The highest BCUT2D eigenvalue weighted by molar-refractivity contribution is 7.14. The van der Waals surface area contributed by atoms with Crippen molar-refractivity contribution < 1.29 is 14.3 Å². The summed E-state index contributed by atoms with van der Waals surface area (Å²) in [7, 11) is 0. The molecule has 88 valence electrons. The fraction of sp³-hybridized carbons (Fsp3) is 0.545. The summed E-state index contributed by atoms with van der Waals surface area (Å²) in [5.41, 5.74) is 0. The second-order valence-electron chi connectivity index (χ2n) is 4.67. The van der Waals surface area contributed by atoms with Gasteiger partial charge in [-0.15, -0.1) is 11.3 Å². The van der Waals surface area contributed by atoms with Gasteiger partial charge >= 0.3 is 0 Å². The Morgan fingerprint density at radius 3 is 2.41 bits per heavy atom. The van der Waals surface area contributed by atoms with Crippen LogP contribution in [-0.4, -0.2) is 29.0 Å². The van der Waals surface area contributed by atoms with Gasteiger partial charge in [0.1, 0.15) is 0 Å². The van der Waals surface area contributed by atoms with Crippen molar-refractivity contribution in [2.24, 2.45) is 11.8 Å². The second-order valence-corrected chi connectivity index (χ2v) is 5.54. The Bertz CT molecular complexity index is 473. The lowest BCUT2D eigenvalue weighted by Gasteiger charge is -2.14. The molecule has 3 aliphatic heterocycles. The summed E-state index contributed by atoms with van der Waals surface area (Å²) in [6.07, 6.45) is 3.31. The molecule has 3 aliphatic rings. The highest BCUT2D eigenvalue weighted by Crippen LogP contribution is 2.49. The van der Waals surface area contributed by atoms with Crippen LogP contribution >= 0.6 is 11.3 Å². The zero-order valence-corrected chi connectivity index (χ0v) is 9.72. The maximum absolute atomic E-state index is 12.3. The van der Waals surface area contributed by atoms with E-state index in [2.05, 4.69) is 4.98 Å². The number of carbonyl (C=O) groups excluding carboxylic acids is 2. The standard InChI is InChI=1S/C11H10N2O3S/c14-9-7-5-1-2-6(16-5)8(7)10(15)13(9)11-12-3-4-17-11/h3-8H,1-2H2/t5-,6-,7-,8+/m0/s1. The van der Waals surface area contributed by atoms with E-state index in [4.69, 9.17) is 4.74 Å². The van der Waals surface area contributed by atoms with Gasteiger partial charge in [0.15, 0.2) is 5.13 Å². The van der Waals surface area contributed by atoms with Crippen molar-refractivity contribution in [3.8, 4) is 0 Å². The highest BCUT2D eigenvalue weighted by Gasteiger charge is 2.63.